The average Bonchev–Trinajstić information content (AvgIpc) is 3.35. The van der Waals surface area contributed by atoms with Gasteiger partial charge in [-0.25, -0.2) is 0 Å². The number of hydrogen-bond donors (Lipinski definition) is 3. The maximum Gasteiger partial charge on any atom is 0.309 e. The first-order valence-electron chi connectivity index (χ1n) is 20.4. The lowest BCUT2D eigenvalue weighted by atomic mass is 9.33. The number of aliphatic hydroxyl groups excluding tert-OH is 1. The quantitative estimate of drug-likeness (QED) is 0.207. The maximum absolute atomic E-state index is 14.0. The first kappa shape index (κ1) is 38.0. The van der Waals surface area contributed by atoms with Gasteiger partial charge in [-0.05, 0) is 124 Å². The molecular formula is C43H69NO6. The highest BCUT2D eigenvalue weighted by atomic mass is 16.5. The van der Waals surface area contributed by atoms with E-state index in [1.165, 1.54) is 37.7 Å². The number of aliphatic carboxylic acids is 1. The molecule has 5 fully saturated rings. The summed E-state index contributed by atoms with van der Waals surface area (Å²) in [5, 5.41) is 25.5. The van der Waals surface area contributed by atoms with Crippen LogP contribution in [0.5, 0.6) is 0 Å². The highest BCUT2D eigenvalue weighted by Crippen LogP contribution is 2.77. The number of carboxylic acid groups (broad SMARTS) is 1. The standard InChI is InChI=1S/C43H69NO6/c1-26(2)35-29(45)23-43(32(46)25-44-27-13-11-10-12-14-27)22-21-41(8)28(36(35)43)15-16-31-40(7)19-18-33(50-34(47)24-38(3,4)37(48)49)39(5,6)30(40)17-20-42(31,41)9/h26-28,30-33,44,46H,10-25H2,1-9H3,(H,48,49)/t28-,30+,31-,32+,33+,40+,41-,42-,43+/m1/s1. The van der Waals surface area contributed by atoms with Crippen molar-refractivity contribution < 1.29 is 29.3 Å². The summed E-state index contributed by atoms with van der Waals surface area (Å²) >= 11 is 0. The number of Topliss-reactive ketones (excluding diaryl/α,β-unsaturated/α-hetero) is 1. The number of ether oxygens (including phenoxy) is 1. The van der Waals surface area contributed by atoms with Crippen LogP contribution in [0.3, 0.4) is 0 Å². The third-order valence-electron chi connectivity index (χ3n) is 16.7. The van der Waals surface area contributed by atoms with Crippen molar-refractivity contribution in [1.82, 2.24) is 5.32 Å². The molecule has 0 unspecified atom stereocenters. The molecule has 9 atom stereocenters. The molecule has 7 heteroatoms. The van der Waals surface area contributed by atoms with Crippen molar-refractivity contribution >= 4 is 17.7 Å². The van der Waals surface area contributed by atoms with Gasteiger partial charge in [0.1, 0.15) is 6.10 Å². The summed E-state index contributed by atoms with van der Waals surface area (Å²) in [7, 11) is 0. The van der Waals surface area contributed by atoms with Gasteiger partial charge in [-0.15, -0.1) is 0 Å². The fourth-order valence-electron chi connectivity index (χ4n) is 13.7. The van der Waals surface area contributed by atoms with Gasteiger partial charge in [0.15, 0.2) is 5.78 Å². The molecule has 6 aliphatic carbocycles. The van der Waals surface area contributed by atoms with Crippen molar-refractivity contribution in [1.29, 1.82) is 0 Å². The van der Waals surface area contributed by atoms with E-state index < -0.39 is 28.9 Å². The highest BCUT2D eigenvalue weighted by Gasteiger charge is 2.70. The molecule has 0 heterocycles. The van der Waals surface area contributed by atoms with Gasteiger partial charge >= 0.3 is 11.9 Å². The lowest BCUT2D eigenvalue weighted by Crippen LogP contribution is -2.66. The lowest BCUT2D eigenvalue weighted by Gasteiger charge is -2.72. The van der Waals surface area contributed by atoms with E-state index in [0.717, 1.165) is 56.9 Å². The molecule has 0 radical (unpaired) electrons. The second-order valence-corrected chi connectivity index (χ2v) is 20.3. The van der Waals surface area contributed by atoms with E-state index in [2.05, 4.69) is 53.8 Å². The van der Waals surface area contributed by atoms with Crippen LogP contribution < -0.4 is 5.32 Å². The Hall–Kier alpha value is -1.73. The molecule has 5 saturated carbocycles. The van der Waals surface area contributed by atoms with Crippen LogP contribution in [0.4, 0.5) is 0 Å². The van der Waals surface area contributed by atoms with Gasteiger partial charge in [-0.3, -0.25) is 14.4 Å². The van der Waals surface area contributed by atoms with E-state index in [4.69, 9.17) is 4.74 Å². The summed E-state index contributed by atoms with van der Waals surface area (Å²) in [4.78, 5) is 38.8. The topological polar surface area (TPSA) is 113 Å². The van der Waals surface area contributed by atoms with Gasteiger partial charge < -0.3 is 20.3 Å². The Bertz CT molecular complexity index is 1390. The normalized spacial score (nSPS) is 40.8. The molecule has 6 aliphatic rings. The van der Waals surface area contributed by atoms with Gasteiger partial charge in [0, 0.05) is 29.8 Å². The Labute approximate surface area is 302 Å². The largest absolute Gasteiger partial charge is 0.481 e. The van der Waals surface area contributed by atoms with Crippen LogP contribution in [-0.4, -0.2) is 52.7 Å². The Morgan fingerprint density at radius 3 is 2.20 bits per heavy atom. The third-order valence-corrected chi connectivity index (χ3v) is 16.7. The number of hydrogen-bond acceptors (Lipinski definition) is 6. The minimum absolute atomic E-state index is 0.0277. The van der Waals surface area contributed by atoms with Crippen molar-refractivity contribution in [3.8, 4) is 0 Å². The number of aliphatic hydroxyl groups is 1. The fourth-order valence-corrected chi connectivity index (χ4v) is 13.7. The molecule has 282 valence electrons. The third kappa shape index (κ3) is 5.76. The zero-order chi connectivity index (χ0) is 36.7. The number of rotatable bonds is 9. The monoisotopic (exact) mass is 696 g/mol. The number of carboxylic acids is 1. The Morgan fingerprint density at radius 2 is 1.56 bits per heavy atom. The number of carbonyl (C=O) groups is 3. The van der Waals surface area contributed by atoms with Crippen LogP contribution >= 0.6 is 0 Å². The van der Waals surface area contributed by atoms with Gasteiger partial charge in [0.25, 0.3) is 0 Å². The van der Waals surface area contributed by atoms with Gasteiger partial charge in [0.2, 0.25) is 0 Å². The number of carbonyl (C=O) groups excluding carboxylic acids is 2. The van der Waals surface area contributed by atoms with Crippen molar-refractivity contribution in [3.05, 3.63) is 11.1 Å². The van der Waals surface area contributed by atoms with E-state index in [-0.39, 0.29) is 45.9 Å². The summed E-state index contributed by atoms with van der Waals surface area (Å²) < 4.78 is 6.17. The molecule has 0 aromatic rings. The summed E-state index contributed by atoms with van der Waals surface area (Å²) in [5.41, 5.74) is 0.755. The minimum Gasteiger partial charge on any atom is -0.481 e. The molecule has 0 spiro atoms. The molecule has 0 saturated heterocycles. The van der Waals surface area contributed by atoms with Crippen LogP contribution in [0.1, 0.15) is 159 Å². The Kier molecular flexibility index (Phi) is 9.87. The van der Waals surface area contributed by atoms with Crippen molar-refractivity contribution in [2.75, 3.05) is 6.54 Å². The SMILES string of the molecule is CC(C)C1=C2[C@H]3CC[C@@H]4[C@@]5(C)CC[C@H](OC(=O)CC(C)(C)C(=O)O)C(C)(C)[C@@H]5CC[C@@]4(C)[C@]3(C)CC[C@@]2([C@@H](O)CNC2CCCCC2)CC1=O. The number of fused-ring (bicyclic) bond motifs is 7. The van der Waals surface area contributed by atoms with Crippen LogP contribution in [0.2, 0.25) is 0 Å². The molecule has 7 nitrogen and oxygen atoms in total. The number of allylic oxidation sites excluding steroid dienone is 1. The van der Waals surface area contributed by atoms with E-state index in [1.54, 1.807) is 13.8 Å². The van der Waals surface area contributed by atoms with E-state index >= 15 is 0 Å². The van der Waals surface area contributed by atoms with E-state index in [9.17, 15) is 24.6 Å². The average molecular weight is 696 g/mol. The van der Waals surface area contributed by atoms with Crippen molar-refractivity contribution in [2.24, 2.45) is 56.2 Å². The maximum atomic E-state index is 14.0. The van der Waals surface area contributed by atoms with Gasteiger partial charge in [-0.2, -0.15) is 0 Å². The molecule has 50 heavy (non-hydrogen) atoms. The molecule has 0 aromatic heterocycles. The summed E-state index contributed by atoms with van der Waals surface area (Å²) in [6.45, 7) is 20.4. The predicted molar refractivity (Wildman–Crippen MR) is 196 cm³/mol. The molecule has 6 rings (SSSR count). The second-order valence-electron chi connectivity index (χ2n) is 20.3. The summed E-state index contributed by atoms with van der Waals surface area (Å²) in [5.74, 6) is 0.246. The van der Waals surface area contributed by atoms with Crippen molar-refractivity contribution in [2.45, 2.75) is 177 Å². The molecule has 0 bridgehead atoms. The first-order chi connectivity index (χ1) is 23.2. The summed E-state index contributed by atoms with van der Waals surface area (Å²) in [6, 6.07) is 0.475. The minimum atomic E-state index is -1.15. The van der Waals surface area contributed by atoms with Gasteiger partial charge in [0.05, 0.1) is 17.9 Å². The fraction of sp³-hybridized carbons (Fsp3) is 0.884. The highest BCUT2D eigenvalue weighted by molar-refractivity contribution is 6.00. The number of esters is 1. The first-order valence-corrected chi connectivity index (χ1v) is 20.4. The zero-order valence-electron chi connectivity index (χ0n) is 32.9. The van der Waals surface area contributed by atoms with Gasteiger partial charge in [-0.1, -0.05) is 73.3 Å². The van der Waals surface area contributed by atoms with E-state index in [1.807, 2.05) is 0 Å². The number of nitrogens with one attached hydrogen (secondary N) is 1. The van der Waals surface area contributed by atoms with E-state index in [0.29, 0.717) is 36.8 Å². The molecule has 3 N–H and O–H groups in total. The molecular weight excluding hydrogens is 626 g/mol. The predicted octanol–water partition coefficient (Wildman–Crippen LogP) is 8.66. The second kappa shape index (κ2) is 13.0. The smallest absolute Gasteiger partial charge is 0.309 e. The Balaban J connectivity index is 1.27. The van der Waals surface area contributed by atoms with Crippen LogP contribution in [0.15, 0.2) is 11.1 Å². The van der Waals surface area contributed by atoms with Crippen molar-refractivity contribution in [3.63, 3.8) is 0 Å². The Morgan fingerprint density at radius 1 is 0.880 bits per heavy atom. The van der Waals surface area contributed by atoms with Crippen LogP contribution in [0.25, 0.3) is 0 Å². The van der Waals surface area contributed by atoms with Crippen LogP contribution in [-0.2, 0) is 19.1 Å². The zero-order valence-corrected chi connectivity index (χ0v) is 32.9. The summed E-state index contributed by atoms with van der Waals surface area (Å²) in [6.07, 6.45) is 13.8. The van der Waals surface area contributed by atoms with Crippen LogP contribution in [0, 0.1) is 56.2 Å². The molecule has 0 aliphatic heterocycles. The lowest BCUT2D eigenvalue weighted by molar-refractivity contribution is -0.235. The molecule has 0 amide bonds. The number of ketones is 1. The molecule has 0 aromatic carbocycles.